The Labute approximate surface area is 162 Å². The Bertz CT molecular complexity index is 1090. The third-order valence-electron chi connectivity index (χ3n) is 6.20. The SMILES string of the molecule is CC1(C)C(=O)N(C[C@@H](O)CO)c2cc3c4c([nH]c3cc21)-c1n[nH]cc1CCC4. The zero-order valence-corrected chi connectivity index (χ0v) is 16.0. The van der Waals surface area contributed by atoms with Gasteiger partial charge in [-0.15, -0.1) is 0 Å². The van der Waals surface area contributed by atoms with Crippen molar-refractivity contribution >= 4 is 22.5 Å². The summed E-state index contributed by atoms with van der Waals surface area (Å²) in [6.07, 6.45) is 3.98. The van der Waals surface area contributed by atoms with Crippen LogP contribution in [0.4, 0.5) is 5.69 Å². The van der Waals surface area contributed by atoms with Gasteiger partial charge in [0.25, 0.3) is 0 Å². The van der Waals surface area contributed by atoms with Gasteiger partial charge in [0.05, 0.1) is 30.4 Å². The van der Waals surface area contributed by atoms with Crippen molar-refractivity contribution in [3.8, 4) is 11.4 Å². The van der Waals surface area contributed by atoms with Gasteiger partial charge in [-0.1, -0.05) is 0 Å². The van der Waals surface area contributed by atoms with Crippen LogP contribution in [0.2, 0.25) is 0 Å². The van der Waals surface area contributed by atoms with E-state index in [-0.39, 0.29) is 19.1 Å². The zero-order chi connectivity index (χ0) is 19.6. The van der Waals surface area contributed by atoms with Crippen molar-refractivity contribution in [3.05, 3.63) is 35.0 Å². The number of aromatic amines is 2. The van der Waals surface area contributed by atoms with Crippen molar-refractivity contribution in [2.24, 2.45) is 0 Å². The van der Waals surface area contributed by atoms with Crippen LogP contribution in [0, 0.1) is 0 Å². The van der Waals surface area contributed by atoms with Crippen molar-refractivity contribution in [2.75, 3.05) is 18.1 Å². The van der Waals surface area contributed by atoms with Gasteiger partial charge in [-0.05, 0) is 61.9 Å². The number of aryl methyl sites for hydroxylation is 2. The summed E-state index contributed by atoms with van der Waals surface area (Å²) in [5.74, 6) is -0.0525. The molecule has 0 bridgehead atoms. The molecule has 1 atom stereocenters. The summed E-state index contributed by atoms with van der Waals surface area (Å²) < 4.78 is 0. The molecule has 0 saturated heterocycles. The summed E-state index contributed by atoms with van der Waals surface area (Å²) in [4.78, 5) is 18.2. The van der Waals surface area contributed by atoms with Crippen LogP contribution in [0.25, 0.3) is 22.3 Å². The van der Waals surface area contributed by atoms with Crippen LogP contribution in [0.5, 0.6) is 0 Å². The molecule has 28 heavy (non-hydrogen) atoms. The number of anilines is 1. The number of aromatic nitrogens is 3. The van der Waals surface area contributed by atoms with Gasteiger partial charge in [0.2, 0.25) is 5.91 Å². The molecule has 0 unspecified atom stereocenters. The van der Waals surface area contributed by atoms with E-state index in [2.05, 4.69) is 27.3 Å². The lowest BCUT2D eigenvalue weighted by Crippen LogP contribution is -2.41. The van der Waals surface area contributed by atoms with Gasteiger partial charge < -0.3 is 20.1 Å². The molecule has 0 radical (unpaired) electrons. The molecule has 1 aliphatic carbocycles. The Balaban J connectivity index is 1.72. The van der Waals surface area contributed by atoms with Crippen molar-refractivity contribution in [1.29, 1.82) is 0 Å². The van der Waals surface area contributed by atoms with E-state index in [4.69, 9.17) is 0 Å². The quantitative estimate of drug-likeness (QED) is 0.558. The van der Waals surface area contributed by atoms with E-state index < -0.39 is 11.5 Å². The number of β-amino-alcohol motifs (C(OH)–C–C–N with tert-alkyl or cyclic N) is 1. The Morgan fingerprint density at radius 3 is 2.93 bits per heavy atom. The first-order chi connectivity index (χ1) is 13.4. The Morgan fingerprint density at radius 1 is 1.32 bits per heavy atom. The normalized spacial score (nSPS) is 18.7. The lowest BCUT2D eigenvalue weighted by molar-refractivity contribution is -0.122. The van der Waals surface area contributed by atoms with Crippen LogP contribution in [-0.2, 0) is 23.1 Å². The van der Waals surface area contributed by atoms with Crippen LogP contribution >= 0.6 is 0 Å². The molecule has 1 aromatic carbocycles. The highest BCUT2D eigenvalue weighted by atomic mass is 16.3. The Kier molecular flexibility index (Phi) is 3.70. The number of hydrogen-bond acceptors (Lipinski definition) is 4. The number of nitrogens with one attached hydrogen (secondary N) is 2. The molecule has 7 heteroatoms. The first-order valence-corrected chi connectivity index (χ1v) is 9.74. The average Bonchev–Trinajstić information content (AvgIpc) is 3.29. The number of H-pyrrole nitrogens is 2. The molecular weight excluding hydrogens is 356 g/mol. The second-order valence-electron chi connectivity index (χ2n) is 8.38. The maximum atomic E-state index is 13.0. The molecule has 2 aromatic heterocycles. The Hall–Kier alpha value is -2.64. The maximum Gasteiger partial charge on any atom is 0.237 e. The number of carbonyl (C=O) groups excluding carboxylic acids is 1. The molecular formula is C21H24N4O3. The number of aliphatic hydroxyl groups excluding tert-OH is 2. The van der Waals surface area contributed by atoms with E-state index in [1.165, 1.54) is 11.1 Å². The van der Waals surface area contributed by atoms with Crippen LogP contribution in [0.3, 0.4) is 0 Å². The van der Waals surface area contributed by atoms with E-state index >= 15 is 0 Å². The summed E-state index contributed by atoms with van der Waals surface area (Å²) >= 11 is 0. The monoisotopic (exact) mass is 380 g/mol. The zero-order valence-electron chi connectivity index (χ0n) is 16.0. The minimum atomic E-state index is -0.962. The Morgan fingerprint density at radius 2 is 2.14 bits per heavy atom. The van der Waals surface area contributed by atoms with E-state index in [9.17, 15) is 15.0 Å². The molecule has 0 fully saturated rings. The number of hydrogen-bond donors (Lipinski definition) is 4. The predicted octanol–water partition coefficient (Wildman–Crippen LogP) is 2.02. The van der Waals surface area contributed by atoms with Crippen molar-refractivity contribution in [3.63, 3.8) is 0 Å². The van der Waals surface area contributed by atoms with Gasteiger partial charge in [0, 0.05) is 22.8 Å². The molecule has 7 nitrogen and oxygen atoms in total. The topological polar surface area (TPSA) is 105 Å². The number of amides is 1. The van der Waals surface area contributed by atoms with E-state index in [0.29, 0.717) is 0 Å². The first kappa shape index (κ1) is 17.5. The third kappa shape index (κ3) is 2.29. The van der Waals surface area contributed by atoms with Gasteiger partial charge in [0.15, 0.2) is 0 Å². The molecule has 1 amide bonds. The second kappa shape index (κ2) is 5.93. The van der Waals surface area contributed by atoms with Gasteiger partial charge >= 0.3 is 0 Å². The molecule has 3 heterocycles. The number of aliphatic hydroxyl groups is 2. The predicted molar refractivity (Wildman–Crippen MR) is 106 cm³/mol. The first-order valence-electron chi connectivity index (χ1n) is 9.74. The molecule has 0 saturated carbocycles. The third-order valence-corrected chi connectivity index (χ3v) is 6.20. The number of fused-ring (bicyclic) bond motifs is 6. The molecule has 2 aliphatic rings. The minimum absolute atomic E-state index is 0.0525. The number of nitrogens with zero attached hydrogens (tertiary/aromatic N) is 2. The summed E-state index contributed by atoms with van der Waals surface area (Å²) in [6, 6.07) is 4.13. The lowest BCUT2D eigenvalue weighted by atomic mass is 9.85. The summed E-state index contributed by atoms with van der Waals surface area (Å²) in [5, 5.41) is 27.7. The maximum absolute atomic E-state index is 13.0. The van der Waals surface area contributed by atoms with Gasteiger partial charge in [-0.2, -0.15) is 5.10 Å². The van der Waals surface area contributed by atoms with Gasteiger partial charge in [-0.25, -0.2) is 0 Å². The van der Waals surface area contributed by atoms with Crippen molar-refractivity contribution < 1.29 is 15.0 Å². The molecule has 3 aromatic rings. The van der Waals surface area contributed by atoms with E-state index in [0.717, 1.165) is 52.8 Å². The smallest absolute Gasteiger partial charge is 0.237 e. The minimum Gasteiger partial charge on any atom is -0.394 e. The van der Waals surface area contributed by atoms with Crippen LogP contribution in [0.1, 0.15) is 37.0 Å². The number of rotatable bonds is 3. The van der Waals surface area contributed by atoms with Crippen molar-refractivity contribution in [2.45, 2.75) is 44.6 Å². The highest BCUT2D eigenvalue weighted by molar-refractivity contribution is 6.10. The standard InChI is InChI=1S/C21H24N4O3/c1-21(2)15-7-16-14(6-17(15)25(20(21)28)9-12(27)10-26)13-5-3-4-11-8-22-24-18(11)19(13)23-16/h6-8,12,23,26-27H,3-5,9-10H2,1-2H3,(H,22,24)/t12-/m1/s1. The fourth-order valence-corrected chi connectivity index (χ4v) is 4.66. The van der Waals surface area contributed by atoms with Crippen LogP contribution < -0.4 is 4.90 Å². The fraction of sp³-hybridized carbons (Fsp3) is 0.429. The number of benzene rings is 1. The van der Waals surface area contributed by atoms with Crippen LogP contribution in [0.15, 0.2) is 18.3 Å². The second-order valence-corrected chi connectivity index (χ2v) is 8.38. The van der Waals surface area contributed by atoms with E-state index in [1.54, 1.807) is 4.90 Å². The van der Waals surface area contributed by atoms with Gasteiger partial charge in [0.1, 0.15) is 5.69 Å². The van der Waals surface area contributed by atoms with Gasteiger partial charge in [-0.3, -0.25) is 9.89 Å². The number of carbonyl (C=O) groups is 1. The average molecular weight is 380 g/mol. The fourth-order valence-electron chi connectivity index (χ4n) is 4.66. The summed E-state index contributed by atoms with van der Waals surface area (Å²) in [5.41, 5.74) is 6.57. The summed E-state index contributed by atoms with van der Waals surface area (Å²) in [6.45, 7) is 3.53. The van der Waals surface area contributed by atoms with E-state index in [1.807, 2.05) is 20.0 Å². The highest BCUT2D eigenvalue weighted by Gasteiger charge is 2.44. The summed E-state index contributed by atoms with van der Waals surface area (Å²) in [7, 11) is 0. The highest BCUT2D eigenvalue weighted by Crippen LogP contribution is 2.46. The molecule has 5 rings (SSSR count). The molecule has 146 valence electrons. The largest absolute Gasteiger partial charge is 0.394 e. The molecule has 1 aliphatic heterocycles. The molecule has 0 spiro atoms. The van der Waals surface area contributed by atoms with Crippen molar-refractivity contribution in [1.82, 2.24) is 15.2 Å². The molecule has 4 N–H and O–H groups in total. The lowest BCUT2D eigenvalue weighted by Gasteiger charge is -2.22. The van der Waals surface area contributed by atoms with Crippen LogP contribution in [-0.4, -0.2) is 50.6 Å².